The van der Waals surface area contributed by atoms with Gasteiger partial charge in [-0.2, -0.15) is 0 Å². The number of hydrogen-bond donors (Lipinski definition) is 1. The zero-order chi connectivity index (χ0) is 14.7. The van der Waals surface area contributed by atoms with Crippen molar-refractivity contribution in [3.8, 4) is 0 Å². The average Bonchev–Trinajstić information content (AvgIpc) is 2.77. The molecular weight excluding hydrogens is 254 g/mol. The Morgan fingerprint density at radius 2 is 2.05 bits per heavy atom. The van der Waals surface area contributed by atoms with Crippen LogP contribution < -0.4 is 5.32 Å². The van der Waals surface area contributed by atoms with Crippen molar-refractivity contribution in [1.29, 1.82) is 0 Å². The molecule has 2 rings (SSSR count). The molecule has 0 aliphatic heterocycles. The van der Waals surface area contributed by atoms with E-state index in [1.54, 1.807) is 13.8 Å². The van der Waals surface area contributed by atoms with Gasteiger partial charge in [-0.05, 0) is 39.3 Å². The third-order valence-corrected chi connectivity index (χ3v) is 3.41. The van der Waals surface area contributed by atoms with Crippen LogP contribution in [0.5, 0.6) is 0 Å². The molecule has 2 unspecified atom stereocenters. The number of para-hydroxylation sites is 1. The third kappa shape index (κ3) is 2.85. The Labute approximate surface area is 119 Å². The lowest BCUT2D eigenvalue weighted by Gasteiger charge is -2.17. The van der Waals surface area contributed by atoms with Gasteiger partial charge in [0.2, 0.25) is 0 Å². The molecule has 108 valence electrons. The van der Waals surface area contributed by atoms with Crippen molar-refractivity contribution in [2.75, 3.05) is 6.61 Å². The van der Waals surface area contributed by atoms with Crippen LogP contribution in [0.1, 0.15) is 38.1 Å². The summed E-state index contributed by atoms with van der Waals surface area (Å²) in [5, 5.41) is 4.33. The van der Waals surface area contributed by atoms with Crippen LogP contribution >= 0.6 is 0 Å². The highest BCUT2D eigenvalue weighted by Crippen LogP contribution is 2.29. The molecule has 0 saturated carbocycles. The van der Waals surface area contributed by atoms with Crippen molar-refractivity contribution in [1.82, 2.24) is 5.32 Å². The Kier molecular flexibility index (Phi) is 4.45. The fourth-order valence-corrected chi connectivity index (χ4v) is 2.39. The van der Waals surface area contributed by atoms with Crippen LogP contribution in [-0.4, -0.2) is 18.6 Å². The number of aryl methyl sites for hydroxylation is 1. The van der Waals surface area contributed by atoms with Gasteiger partial charge in [-0.25, -0.2) is 0 Å². The molecule has 4 nitrogen and oxygen atoms in total. The minimum Gasteiger partial charge on any atom is -0.465 e. The van der Waals surface area contributed by atoms with Gasteiger partial charge in [0, 0.05) is 5.39 Å². The van der Waals surface area contributed by atoms with Gasteiger partial charge in [-0.15, -0.1) is 0 Å². The molecule has 1 N–H and O–H groups in total. The van der Waals surface area contributed by atoms with Crippen LogP contribution in [0.25, 0.3) is 11.0 Å². The summed E-state index contributed by atoms with van der Waals surface area (Å²) in [6.45, 7) is 8.02. The van der Waals surface area contributed by atoms with E-state index in [1.807, 2.05) is 38.1 Å². The topological polar surface area (TPSA) is 51.5 Å². The standard InChI is InChI=1S/C16H21NO3/c1-5-19-16(18)12(4)17-11(3)15-10(2)13-8-6-7-9-14(13)20-15/h6-9,11-12,17H,5H2,1-4H3. The van der Waals surface area contributed by atoms with E-state index in [0.29, 0.717) is 6.61 Å². The predicted molar refractivity (Wildman–Crippen MR) is 78.6 cm³/mol. The SMILES string of the molecule is CCOC(=O)C(C)NC(C)c1oc2ccccc2c1C. The molecule has 4 heteroatoms. The zero-order valence-corrected chi connectivity index (χ0v) is 12.4. The van der Waals surface area contributed by atoms with Crippen LogP contribution in [0.15, 0.2) is 28.7 Å². The number of carbonyl (C=O) groups is 1. The molecule has 0 spiro atoms. The van der Waals surface area contributed by atoms with E-state index in [-0.39, 0.29) is 18.1 Å². The maximum Gasteiger partial charge on any atom is 0.322 e. The number of ether oxygens (including phenoxy) is 1. The van der Waals surface area contributed by atoms with Gasteiger partial charge in [-0.3, -0.25) is 10.1 Å². The van der Waals surface area contributed by atoms with E-state index in [4.69, 9.17) is 9.15 Å². The fourth-order valence-electron chi connectivity index (χ4n) is 2.39. The molecule has 0 bridgehead atoms. The monoisotopic (exact) mass is 275 g/mol. The lowest BCUT2D eigenvalue weighted by Crippen LogP contribution is -2.37. The molecular formula is C16H21NO3. The van der Waals surface area contributed by atoms with Gasteiger partial charge >= 0.3 is 5.97 Å². The first-order valence-electron chi connectivity index (χ1n) is 6.95. The summed E-state index contributed by atoms with van der Waals surface area (Å²) in [6.07, 6.45) is 0. The summed E-state index contributed by atoms with van der Waals surface area (Å²) in [6, 6.07) is 7.52. The van der Waals surface area contributed by atoms with Gasteiger partial charge in [0.05, 0.1) is 12.6 Å². The van der Waals surface area contributed by atoms with Crippen molar-refractivity contribution in [3.63, 3.8) is 0 Å². The first-order valence-corrected chi connectivity index (χ1v) is 6.95. The molecule has 1 aromatic heterocycles. The van der Waals surface area contributed by atoms with Gasteiger partial charge in [0.15, 0.2) is 0 Å². The van der Waals surface area contributed by atoms with E-state index in [9.17, 15) is 4.79 Å². The first kappa shape index (κ1) is 14.6. The van der Waals surface area contributed by atoms with Crippen molar-refractivity contribution in [2.45, 2.75) is 39.8 Å². The van der Waals surface area contributed by atoms with Crippen LogP contribution in [-0.2, 0) is 9.53 Å². The van der Waals surface area contributed by atoms with E-state index < -0.39 is 0 Å². The molecule has 1 aromatic carbocycles. The zero-order valence-electron chi connectivity index (χ0n) is 12.4. The number of benzene rings is 1. The highest BCUT2D eigenvalue weighted by molar-refractivity contribution is 5.82. The number of fused-ring (bicyclic) bond motifs is 1. The summed E-state index contributed by atoms with van der Waals surface area (Å²) in [5.74, 6) is 0.621. The van der Waals surface area contributed by atoms with Crippen LogP contribution in [0.2, 0.25) is 0 Å². The number of esters is 1. The Morgan fingerprint density at radius 1 is 1.35 bits per heavy atom. The predicted octanol–water partition coefficient (Wildman–Crippen LogP) is 3.34. The summed E-state index contributed by atoms with van der Waals surface area (Å²) in [4.78, 5) is 11.7. The number of carbonyl (C=O) groups excluding carboxylic acids is 1. The molecule has 1 heterocycles. The molecule has 0 saturated heterocycles. The summed E-state index contributed by atoms with van der Waals surface area (Å²) < 4.78 is 10.9. The minimum atomic E-state index is -0.363. The summed E-state index contributed by atoms with van der Waals surface area (Å²) in [5.41, 5.74) is 1.98. The normalized spacial score (nSPS) is 14.2. The number of rotatable bonds is 5. The largest absolute Gasteiger partial charge is 0.465 e. The lowest BCUT2D eigenvalue weighted by molar-refractivity contribution is -0.145. The molecule has 2 aromatic rings. The Balaban J connectivity index is 2.17. The van der Waals surface area contributed by atoms with Gasteiger partial charge in [0.25, 0.3) is 0 Å². The van der Waals surface area contributed by atoms with Crippen LogP contribution in [0, 0.1) is 6.92 Å². The average molecular weight is 275 g/mol. The Hall–Kier alpha value is -1.81. The number of furan rings is 1. The van der Waals surface area contributed by atoms with Crippen molar-refractivity contribution in [2.24, 2.45) is 0 Å². The lowest BCUT2D eigenvalue weighted by atomic mass is 10.1. The molecule has 0 fully saturated rings. The quantitative estimate of drug-likeness (QED) is 0.850. The second-order valence-corrected chi connectivity index (χ2v) is 4.95. The smallest absolute Gasteiger partial charge is 0.322 e. The number of nitrogens with one attached hydrogen (secondary N) is 1. The number of hydrogen-bond acceptors (Lipinski definition) is 4. The fraction of sp³-hybridized carbons (Fsp3) is 0.438. The third-order valence-electron chi connectivity index (χ3n) is 3.41. The maximum atomic E-state index is 11.7. The molecule has 0 aliphatic rings. The molecule has 0 amide bonds. The molecule has 20 heavy (non-hydrogen) atoms. The molecule has 0 radical (unpaired) electrons. The highest BCUT2D eigenvalue weighted by Gasteiger charge is 2.21. The van der Waals surface area contributed by atoms with Gasteiger partial charge < -0.3 is 9.15 Å². The highest BCUT2D eigenvalue weighted by atomic mass is 16.5. The molecule has 0 aliphatic carbocycles. The van der Waals surface area contributed by atoms with E-state index in [1.165, 1.54) is 0 Å². The molecule has 2 atom stereocenters. The van der Waals surface area contributed by atoms with Crippen molar-refractivity contribution >= 4 is 16.9 Å². The summed E-state index contributed by atoms with van der Waals surface area (Å²) >= 11 is 0. The van der Waals surface area contributed by atoms with E-state index in [2.05, 4.69) is 5.32 Å². The summed E-state index contributed by atoms with van der Waals surface area (Å²) in [7, 11) is 0. The van der Waals surface area contributed by atoms with Crippen LogP contribution in [0.3, 0.4) is 0 Å². The van der Waals surface area contributed by atoms with Crippen molar-refractivity contribution in [3.05, 3.63) is 35.6 Å². The van der Waals surface area contributed by atoms with E-state index in [0.717, 1.165) is 22.3 Å². The Bertz CT molecular complexity index is 603. The van der Waals surface area contributed by atoms with Gasteiger partial charge in [-0.1, -0.05) is 18.2 Å². The van der Waals surface area contributed by atoms with Crippen molar-refractivity contribution < 1.29 is 13.9 Å². The second kappa shape index (κ2) is 6.09. The van der Waals surface area contributed by atoms with Crippen LogP contribution in [0.4, 0.5) is 0 Å². The minimum absolute atomic E-state index is 0.0539. The van der Waals surface area contributed by atoms with Gasteiger partial charge in [0.1, 0.15) is 17.4 Å². The maximum absolute atomic E-state index is 11.7. The second-order valence-electron chi connectivity index (χ2n) is 4.95. The Morgan fingerprint density at radius 3 is 2.70 bits per heavy atom. The van der Waals surface area contributed by atoms with E-state index >= 15 is 0 Å². The first-order chi connectivity index (χ1) is 9.54.